The molecule has 1 aliphatic heterocycles. The van der Waals surface area contributed by atoms with Crippen LogP contribution in [0.5, 0.6) is 17.2 Å². The molecule has 3 aromatic rings. The van der Waals surface area contributed by atoms with Crippen LogP contribution in [0.2, 0.25) is 0 Å². The summed E-state index contributed by atoms with van der Waals surface area (Å²) in [6.07, 6.45) is 0.942. The highest BCUT2D eigenvalue weighted by Crippen LogP contribution is 2.32. The van der Waals surface area contributed by atoms with E-state index in [0.29, 0.717) is 47.6 Å². The zero-order valence-electron chi connectivity index (χ0n) is 18.1. The molecule has 168 valence electrons. The van der Waals surface area contributed by atoms with E-state index in [9.17, 15) is 14.7 Å². The lowest BCUT2D eigenvalue weighted by molar-refractivity contribution is 0.0949. The van der Waals surface area contributed by atoms with Gasteiger partial charge >= 0.3 is 0 Å². The third-order valence-corrected chi connectivity index (χ3v) is 5.32. The zero-order valence-corrected chi connectivity index (χ0v) is 18.1. The molecule has 0 radical (unpaired) electrons. The van der Waals surface area contributed by atoms with Crippen molar-refractivity contribution in [2.75, 3.05) is 13.4 Å². The van der Waals surface area contributed by atoms with Crippen LogP contribution < -0.4 is 25.1 Å². The highest BCUT2D eigenvalue weighted by atomic mass is 16.7. The van der Waals surface area contributed by atoms with Crippen LogP contribution in [0, 0.1) is 6.92 Å². The van der Waals surface area contributed by atoms with Gasteiger partial charge in [0, 0.05) is 11.9 Å². The van der Waals surface area contributed by atoms with Crippen LogP contribution in [0.4, 0.5) is 0 Å². The topological polar surface area (TPSA) is 110 Å². The van der Waals surface area contributed by atoms with Gasteiger partial charge in [0.15, 0.2) is 11.5 Å². The van der Waals surface area contributed by atoms with Gasteiger partial charge in [-0.2, -0.15) is 0 Å². The van der Waals surface area contributed by atoms with Crippen LogP contribution in [0.1, 0.15) is 41.3 Å². The molecule has 0 spiro atoms. The highest BCUT2D eigenvalue weighted by molar-refractivity contribution is 5.98. The molecule has 0 saturated carbocycles. The van der Waals surface area contributed by atoms with Crippen molar-refractivity contribution in [2.24, 2.45) is 0 Å². The maximum atomic E-state index is 12.7. The molecule has 1 aromatic heterocycles. The predicted octanol–water partition coefficient (Wildman–Crippen LogP) is 3.04. The standard InChI is InChI=1S/C24H26N2O6/c1-14-5-7-17-11-18(24(29)26-21(17)22(14)30-9-3-4-15(2)27)23(28)25-12-16-6-8-19-20(10-16)32-13-31-19/h5-8,10-11,15,27H,3-4,9,12-13H2,1-2H3,(H,25,28)(H,26,29). The monoisotopic (exact) mass is 438 g/mol. The van der Waals surface area contributed by atoms with Gasteiger partial charge in [-0.1, -0.05) is 18.2 Å². The fourth-order valence-corrected chi connectivity index (χ4v) is 3.59. The van der Waals surface area contributed by atoms with Gasteiger partial charge in [0.25, 0.3) is 11.5 Å². The van der Waals surface area contributed by atoms with Crippen LogP contribution in [-0.4, -0.2) is 35.5 Å². The van der Waals surface area contributed by atoms with Crippen molar-refractivity contribution in [2.45, 2.75) is 39.3 Å². The molecular weight excluding hydrogens is 412 g/mol. The number of pyridine rings is 1. The second-order valence-corrected chi connectivity index (χ2v) is 7.90. The average Bonchev–Trinajstić information content (AvgIpc) is 3.23. The van der Waals surface area contributed by atoms with Crippen LogP contribution in [-0.2, 0) is 6.54 Å². The van der Waals surface area contributed by atoms with Gasteiger partial charge in [0.1, 0.15) is 11.3 Å². The SMILES string of the molecule is Cc1ccc2cc(C(=O)NCc3ccc4c(c3)OCO4)c(=O)[nH]c2c1OCCCC(C)O. The van der Waals surface area contributed by atoms with Gasteiger partial charge in [-0.05, 0) is 56.0 Å². The molecule has 32 heavy (non-hydrogen) atoms. The Morgan fingerprint density at radius 2 is 2.03 bits per heavy atom. The van der Waals surface area contributed by atoms with Crippen molar-refractivity contribution >= 4 is 16.8 Å². The van der Waals surface area contributed by atoms with Crippen LogP contribution in [0.3, 0.4) is 0 Å². The lowest BCUT2D eigenvalue weighted by Gasteiger charge is -2.13. The number of aliphatic hydroxyl groups is 1. The lowest BCUT2D eigenvalue weighted by atomic mass is 10.1. The van der Waals surface area contributed by atoms with E-state index in [4.69, 9.17) is 14.2 Å². The molecule has 1 aliphatic rings. The summed E-state index contributed by atoms with van der Waals surface area (Å²) >= 11 is 0. The highest BCUT2D eigenvalue weighted by Gasteiger charge is 2.17. The number of carbonyl (C=O) groups excluding carboxylic acids is 1. The normalized spacial score (nSPS) is 13.2. The van der Waals surface area contributed by atoms with Gasteiger partial charge in [-0.3, -0.25) is 9.59 Å². The molecule has 0 fully saturated rings. The third-order valence-electron chi connectivity index (χ3n) is 5.32. The Morgan fingerprint density at radius 3 is 2.84 bits per heavy atom. The van der Waals surface area contributed by atoms with Crippen LogP contribution in [0.25, 0.3) is 10.9 Å². The third kappa shape index (κ3) is 4.70. The van der Waals surface area contributed by atoms with Gasteiger partial charge in [0.05, 0.1) is 18.2 Å². The van der Waals surface area contributed by atoms with E-state index < -0.39 is 11.5 Å². The summed E-state index contributed by atoms with van der Waals surface area (Å²) in [6.45, 7) is 4.49. The molecular formula is C24H26N2O6. The van der Waals surface area contributed by atoms with E-state index in [2.05, 4.69) is 10.3 Å². The molecule has 3 N–H and O–H groups in total. The quantitative estimate of drug-likeness (QED) is 0.467. The number of aromatic nitrogens is 1. The molecule has 4 rings (SSSR count). The predicted molar refractivity (Wildman–Crippen MR) is 119 cm³/mol. The number of nitrogens with one attached hydrogen (secondary N) is 2. The molecule has 8 nitrogen and oxygen atoms in total. The Bertz CT molecular complexity index is 1200. The minimum absolute atomic E-state index is 0.0298. The summed E-state index contributed by atoms with van der Waals surface area (Å²) in [5.41, 5.74) is 1.81. The van der Waals surface area contributed by atoms with Gasteiger partial charge in [-0.25, -0.2) is 0 Å². The number of ether oxygens (including phenoxy) is 3. The summed E-state index contributed by atoms with van der Waals surface area (Å²) in [5.74, 6) is 1.42. The lowest BCUT2D eigenvalue weighted by Crippen LogP contribution is -2.29. The number of fused-ring (bicyclic) bond motifs is 2. The van der Waals surface area contributed by atoms with E-state index >= 15 is 0 Å². The number of aromatic amines is 1. The first-order chi connectivity index (χ1) is 15.4. The van der Waals surface area contributed by atoms with Crippen molar-refractivity contribution in [1.29, 1.82) is 0 Å². The molecule has 1 atom stereocenters. The Hall–Kier alpha value is -3.52. The summed E-state index contributed by atoms with van der Waals surface area (Å²) in [6, 6.07) is 10.7. The number of hydrogen-bond acceptors (Lipinski definition) is 6. The minimum atomic E-state index is -0.486. The Kier molecular flexibility index (Phi) is 6.32. The van der Waals surface area contributed by atoms with E-state index in [-0.39, 0.29) is 25.0 Å². The first kappa shape index (κ1) is 21.7. The Morgan fingerprint density at radius 1 is 1.22 bits per heavy atom. The summed E-state index contributed by atoms with van der Waals surface area (Å²) in [4.78, 5) is 28.2. The fourth-order valence-electron chi connectivity index (χ4n) is 3.59. The Labute approximate surface area is 185 Å². The molecule has 8 heteroatoms. The summed E-state index contributed by atoms with van der Waals surface area (Å²) < 4.78 is 16.5. The van der Waals surface area contributed by atoms with Crippen LogP contribution in [0.15, 0.2) is 41.2 Å². The number of hydrogen-bond donors (Lipinski definition) is 3. The van der Waals surface area contributed by atoms with Crippen molar-refractivity contribution in [3.63, 3.8) is 0 Å². The maximum Gasteiger partial charge on any atom is 0.261 e. The van der Waals surface area contributed by atoms with Gasteiger partial charge < -0.3 is 29.6 Å². The van der Waals surface area contributed by atoms with Crippen molar-refractivity contribution in [3.8, 4) is 17.2 Å². The van der Waals surface area contributed by atoms with E-state index in [1.807, 2.05) is 25.1 Å². The van der Waals surface area contributed by atoms with Gasteiger partial charge in [0.2, 0.25) is 6.79 Å². The smallest absolute Gasteiger partial charge is 0.261 e. The van der Waals surface area contributed by atoms with E-state index in [1.54, 1.807) is 25.1 Å². The van der Waals surface area contributed by atoms with E-state index in [0.717, 1.165) is 11.1 Å². The number of carbonyl (C=O) groups is 1. The van der Waals surface area contributed by atoms with Crippen molar-refractivity contribution < 1.29 is 24.1 Å². The van der Waals surface area contributed by atoms with Crippen molar-refractivity contribution in [3.05, 3.63) is 63.4 Å². The first-order valence-corrected chi connectivity index (χ1v) is 10.6. The minimum Gasteiger partial charge on any atom is -0.491 e. The number of rotatable bonds is 8. The average molecular weight is 438 g/mol. The largest absolute Gasteiger partial charge is 0.491 e. The molecule has 1 unspecified atom stereocenters. The number of aryl methyl sites for hydroxylation is 1. The molecule has 2 heterocycles. The maximum absolute atomic E-state index is 12.7. The number of amides is 1. The first-order valence-electron chi connectivity index (χ1n) is 10.6. The second kappa shape index (κ2) is 9.32. The summed E-state index contributed by atoms with van der Waals surface area (Å²) in [5, 5.41) is 12.9. The molecule has 0 bridgehead atoms. The van der Waals surface area contributed by atoms with E-state index in [1.165, 1.54) is 0 Å². The van der Waals surface area contributed by atoms with Crippen molar-refractivity contribution in [1.82, 2.24) is 10.3 Å². The number of benzene rings is 2. The van der Waals surface area contributed by atoms with Crippen LogP contribution >= 0.6 is 0 Å². The summed E-state index contributed by atoms with van der Waals surface area (Å²) in [7, 11) is 0. The molecule has 2 aromatic carbocycles. The number of H-pyrrole nitrogens is 1. The molecule has 1 amide bonds. The molecule has 0 saturated heterocycles. The fraction of sp³-hybridized carbons (Fsp3) is 0.333. The zero-order chi connectivity index (χ0) is 22.7. The number of aliphatic hydroxyl groups excluding tert-OH is 1. The Balaban J connectivity index is 1.50. The second-order valence-electron chi connectivity index (χ2n) is 7.90. The molecule has 0 aliphatic carbocycles. The van der Waals surface area contributed by atoms with Gasteiger partial charge in [-0.15, -0.1) is 0 Å².